The van der Waals surface area contributed by atoms with Gasteiger partial charge in [0.05, 0.1) is 6.61 Å². The molecule has 0 saturated heterocycles. The fourth-order valence-corrected chi connectivity index (χ4v) is 1.90. The Hall–Kier alpha value is -1.58. The van der Waals surface area contributed by atoms with Crippen LogP contribution in [0.3, 0.4) is 0 Å². The molecule has 4 nitrogen and oxygen atoms in total. The molecule has 0 aromatic heterocycles. The number of hydrogen-bond acceptors (Lipinski definition) is 3. The van der Waals surface area contributed by atoms with Gasteiger partial charge < -0.3 is 9.64 Å². The molecule has 1 amide bonds. The van der Waals surface area contributed by atoms with E-state index in [-0.39, 0.29) is 11.9 Å². The molecule has 0 radical (unpaired) electrons. The Morgan fingerprint density at radius 2 is 1.45 bits per heavy atom. The molecule has 4 heteroatoms. The summed E-state index contributed by atoms with van der Waals surface area (Å²) in [6.07, 6.45) is 10.3. The van der Waals surface area contributed by atoms with Gasteiger partial charge in [0, 0.05) is 25.2 Å². The smallest absolute Gasteiger partial charge is 0.333 e. The van der Waals surface area contributed by atoms with E-state index in [1.807, 2.05) is 0 Å². The average Bonchev–Trinajstić information content (AvgIpc) is 2.50. The largest absolute Gasteiger partial charge is 0.462 e. The predicted octanol–water partition coefficient (Wildman–Crippen LogP) is 3.87. The van der Waals surface area contributed by atoms with Gasteiger partial charge in [-0.1, -0.05) is 51.2 Å². The molecule has 0 heterocycles. The summed E-state index contributed by atoms with van der Waals surface area (Å²) in [4.78, 5) is 24.9. The van der Waals surface area contributed by atoms with Crippen LogP contribution in [0.4, 0.5) is 0 Å². The zero-order valence-corrected chi connectivity index (χ0v) is 14.8. The summed E-state index contributed by atoms with van der Waals surface area (Å²) in [6, 6.07) is 0. The Kier molecular flexibility index (Phi) is 11.2. The molecular formula is C18H31NO3. The molecule has 0 fully saturated rings. The topological polar surface area (TPSA) is 46.6 Å². The zero-order chi connectivity index (χ0) is 17.0. The number of nitrogens with zero attached hydrogens (tertiary/aromatic N) is 1. The minimum Gasteiger partial charge on any atom is -0.462 e. The van der Waals surface area contributed by atoms with Crippen molar-refractivity contribution in [3.05, 3.63) is 23.3 Å². The second-order valence-electron chi connectivity index (χ2n) is 5.80. The van der Waals surface area contributed by atoms with Gasteiger partial charge in [0.1, 0.15) is 0 Å². The fraction of sp³-hybridized carbons (Fsp3) is 0.667. The van der Waals surface area contributed by atoms with Crippen LogP contribution in [0.1, 0.15) is 59.3 Å². The van der Waals surface area contributed by atoms with Crippen LogP contribution >= 0.6 is 0 Å². The van der Waals surface area contributed by atoms with Gasteiger partial charge >= 0.3 is 5.97 Å². The molecule has 0 N–H and O–H groups in total. The molecule has 0 aliphatic heterocycles. The van der Waals surface area contributed by atoms with Crippen molar-refractivity contribution in [1.82, 2.24) is 4.90 Å². The molecule has 22 heavy (non-hydrogen) atoms. The summed E-state index contributed by atoms with van der Waals surface area (Å²) in [6.45, 7) is 6.09. The number of rotatable bonds is 10. The lowest BCUT2D eigenvalue weighted by atomic mass is 10.1. The summed E-state index contributed by atoms with van der Waals surface area (Å²) >= 11 is 0. The lowest BCUT2D eigenvalue weighted by molar-refractivity contribution is -0.139. The highest BCUT2D eigenvalue weighted by Gasteiger charge is 2.07. The van der Waals surface area contributed by atoms with Gasteiger partial charge in [0.2, 0.25) is 5.91 Å². The van der Waals surface area contributed by atoms with Gasteiger partial charge in [-0.25, -0.2) is 4.79 Å². The van der Waals surface area contributed by atoms with Gasteiger partial charge in [-0.15, -0.1) is 0 Å². The Labute approximate surface area is 135 Å². The van der Waals surface area contributed by atoms with Crippen molar-refractivity contribution in [1.29, 1.82) is 0 Å². The Bertz CT molecular complexity index is 409. The maximum Gasteiger partial charge on any atom is 0.333 e. The molecule has 0 aromatic carbocycles. The van der Waals surface area contributed by atoms with E-state index in [9.17, 15) is 9.59 Å². The van der Waals surface area contributed by atoms with E-state index >= 15 is 0 Å². The molecule has 0 bridgehead atoms. The van der Waals surface area contributed by atoms with Gasteiger partial charge in [-0.3, -0.25) is 4.79 Å². The van der Waals surface area contributed by atoms with Crippen LogP contribution in [0.25, 0.3) is 0 Å². The quantitative estimate of drug-likeness (QED) is 0.266. The van der Waals surface area contributed by atoms with Crippen LogP contribution < -0.4 is 0 Å². The molecule has 126 valence electrons. The number of ether oxygens (including phenoxy) is 1. The minimum absolute atomic E-state index is 0.0653. The molecule has 0 spiro atoms. The molecule has 0 aliphatic rings. The van der Waals surface area contributed by atoms with Gasteiger partial charge in [-0.05, 0) is 20.3 Å². The van der Waals surface area contributed by atoms with E-state index in [0.29, 0.717) is 17.8 Å². The molecule has 0 rings (SSSR count). The Morgan fingerprint density at radius 3 is 2.05 bits per heavy atom. The number of allylic oxidation sites excluding steroid dienone is 2. The highest BCUT2D eigenvalue weighted by atomic mass is 16.5. The van der Waals surface area contributed by atoms with Crippen molar-refractivity contribution in [2.24, 2.45) is 0 Å². The van der Waals surface area contributed by atoms with Gasteiger partial charge in [-0.2, -0.15) is 0 Å². The fourth-order valence-electron chi connectivity index (χ4n) is 1.90. The number of amides is 1. The van der Waals surface area contributed by atoms with Crippen molar-refractivity contribution in [2.45, 2.75) is 59.3 Å². The highest BCUT2D eigenvalue weighted by Crippen LogP contribution is 2.06. The maximum absolute atomic E-state index is 11.8. The van der Waals surface area contributed by atoms with Crippen molar-refractivity contribution in [3.8, 4) is 0 Å². The zero-order valence-electron chi connectivity index (χ0n) is 14.8. The first kappa shape index (κ1) is 20.4. The number of hydrogen-bond donors (Lipinski definition) is 0. The maximum atomic E-state index is 11.8. The molecule has 0 atom stereocenters. The van der Waals surface area contributed by atoms with Crippen LogP contribution in [0.5, 0.6) is 0 Å². The van der Waals surface area contributed by atoms with Gasteiger partial charge in [0.15, 0.2) is 0 Å². The second-order valence-corrected chi connectivity index (χ2v) is 5.80. The van der Waals surface area contributed by atoms with Crippen LogP contribution in [0.2, 0.25) is 0 Å². The second kappa shape index (κ2) is 12.0. The van der Waals surface area contributed by atoms with E-state index in [1.165, 1.54) is 30.6 Å². The van der Waals surface area contributed by atoms with E-state index < -0.39 is 0 Å². The highest BCUT2D eigenvalue weighted by molar-refractivity contribution is 5.93. The standard InChI is InChI=1S/C18H31NO3/c1-6-7-8-9-10-11-14-22-18(21)16(3)13-12-15(2)17(20)19(4)5/h12-13H,6-11,14H2,1-5H3/b15-12+,16-13+. The van der Waals surface area contributed by atoms with E-state index in [1.54, 1.807) is 40.1 Å². The summed E-state index contributed by atoms with van der Waals surface area (Å²) in [5.41, 5.74) is 1.10. The van der Waals surface area contributed by atoms with Crippen LogP contribution in [0.15, 0.2) is 23.3 Å². The Balaban J connectivity index is 4.08. The first-order chi connectivity index (χ1) is 10.4. The lowest BCUT2D eigenvalue weighted by Crippen LogP contribution is -2.22. The van der Waals surface area contributed by atoms with E-state index in [2.05, 4.69) is 6.92 Å². The average molecular weight is 309 g/mol. The minimum atomic E-state index is -0.310. The van der Waals surface area contributed by atoms with E-state index in [0.717, 1.165) is 12.8 Å². The molecule has 0 unspecified atom stereocenters. The summed E-state index contributed by atoms with van der Waals surface area (Å²) in [7, 11) is 3.40. The SMILES string of the molecule is CCCCCCCCOC(=O)/C(C)=C/C=C(\C)C(=O)N(C)C. The monoisotopic (exact) mass is 309 g/mol. The summed E-state index contributed by atoms with van der Waals surface area (Å²) < 4.78 is 5.22. The number of unbranched alkanes of at least 4 members (excludes halogenated alkanes) is 5. The number of esters is 1. The Morgan fingerprint density at radius 1 is 0.909 bits per heavy atom. The summed E-state index contributed by atoms with van der Waals surface area (Å²) in [5, 5.41) is 0. The third-order valence-electron chi connectivity index (χ3n) is 3.38. The first-order valence-corrected chi connectivity index (χ1v) is 8.14. The molecule has 0 aliphatic carbocycles. The van der Waals surface area contributed by atoms with Crippen molar-refractivity contribution in [3.63, 3.8) is 0 Å². The first-order valence-electron chi connectivity index (χ1n) is 8.14. The van der Waals surface area contributed by atoms with Crippen LogP contribution in [-0.2, 0) is 14.3 Å². The van der Waals surface area contributed by atoms with Crippen LogP contribution in [0, 0.1) is 0 Å². The number of likely N-dealkylation sites (N-methyl/N-ethyl adjacent to an activating group) is 1. The molecular weight excluding hydrogens is 278 g/mol. The normalized spacial score (nSPS) is 12.2. The third kappa shape index (κ3) is 9.37. The van der Waals surface area contributed by atoms with Crippen molar-refractivity contribution in [2.75, 3.05) is 20.7 Å². The number of carbonyl (C=O) groups excluding carboxylic acids is 2. The lowest BCUT2D eigenvalue weighted by Gasteiger charge is -2.09. The molecule has 0 saturated carbocycles. The molecule has 0 aromatic rings. The summed E-state index contributed by atoms with van der Waals surface area (Å²) in [5.74, 6) is -0.376. The van der Waals surface area contributed by atoms with Crippen molar-refractivity contribution >= 4 is 11.9 Å². The van der Waals surface area contributed by atoms with Gasteiger partial charge in [0.25, 0.3) is 0 Å². The predicted molar refractivity (Wildman–Crippen MR) is 90.5 cm³/mol. The van der Waals surface area contributed by atoms with E-state index in [4.69, 9.17) is 4.74 Å². The number of carbonyl (C=O) groups is 2. The van der Waals surface area contributed by atoms with Crippen molar-refractivity contribution < 1.29 is 14.3 Å². The van der Waals surface area contributed by atoms with Crippen LogP contribution in [-0.4, -0.2) is 37.5 Å². The third-order valence-corrected chi connectivity index (χ3v) is 3.38.